The number of phenols is 1. The van der Waals surface area contributed by atoms with Crippen molar-refractivity contribution in [3.05, 3.63) is 104 Å². The number of carboxylic acid groups (broad SMARTS) is 1. The third-order valence-corrected chi connectivity index (χ3v) is 7.49. The molecule has 15 heteroatoms. The summed E-state index contributed by atoms with van der Waals surface area (Å²) in [5.74, 6) is -3.39. The molecule has 0 saturated heterocycles. The number of benzene rings is 2. The second kappa shape index (κ2) is 14.0. The number of ether oxygens (including phenoxy) is 1. The summed E-state index contributed by atoms with van der Waals surface area (Å²) in [5.41, 5.74) is 2.89. The Morgan fingerprint density at radius 2 is 1.93 bits per heavy atom. The molecule has 0 saturated carbocycles. The molecule has 2 heterocycles. The van der Waals surface area contributed by atoms with Gasteiger partial charge in [-0.2, -0.15) is 5.10 Å². The number of aromatic nitrogens is 3. The fourth-order valence-corrected chi connectivity index (χ4v) is 5.39. The summed E-state index contributed by atoms with van der Waals surface area (Å²) in [4.78, 5) is 42.7. The second-order valence-corrected chi connectivity index (χ2v) is 10.6. The van der Waals surface area contributed by atoms with Crippen LogP contribution in [-0.4, -0.2) is 49.3 Å². The number of hydrogen-bond acceptors (Lipinski definition) is 8. The minimum atomic E-state index is -1.39. The van der Waals surface area contributed by atoms with E-state index in [1.165, 1.54) is 6.08 Å². The average Bonchev–Trinajstić information content (AvgIpc) is 3.58. The molecular weight excluding hydrogens is 640 g/mol. The number of fused-ring (bicyclic) bond motifs is 2. The van der Waals surface area contributed by atoms with Crippen LogP contribution < -0.4 is 10.2 Å². The van der Waals surface area contributed by atoms with Gasteiger partial charge >= 0.3 is 11.9 Å². The monoisotopic (exact) mass is 663 g/mol. The average molecular weight is 665 g/mol. The van der Waals surface area contributed by atoms with E-state index in [4.69, 9.17) is 39.7 Å². The first-order valence-electron chi connectivity index (χ1n) is 13.0. The Balaban J connectivity index is 0.000000309. The van der Waals surface area contributed by atoms with Crippen molar-refractivity contribution in [2.24, 2.45) is 0 Å². The summed E-state index contributed by atoms with van der Waals surface area (Å²) in [6, 6.07) is 7.29. The van der Waals surface area contributed by atoms with Gasteiger partial charge in [-0.3, -0.25) is 4.79 Å². The molecule has 11 nitrogen and oxygen atoms in total. The minimum Gasteiger partial charge on any atom is -0.505 e. The van der Waals surface area contributed by atoms with E-state index in [9.17, 15) is 29.0 Å². The summed E-state index contributed by atoms with van der Waals surface area (Å²) in [6.45, 7) is 5.91. The number of esters is 1. The van der Waals surface area contributed by atoms with Gasteiger partial charge in [-0.15, -0.1) is 0 Å². The molecule has 0 fully saturated rings. The number of hydrogen-bond donors (Lipinski definition) is 4. The maximum atomic E-state index is 13.9. The van der Waals surface area contributed by atoms with E-state index < -0.39 is 29.4 Å². The molecule has 5 rings (SSSR count). The van der Waals surface area contributed by atoms with Gasteiger partial charge in [0.05, 0.1) is 27.8 Å². The van der Waals surface area contributed by atoms with Gasteiger partial charge in [0.1, 0.15) is 12.3 Å². The lowest BCUT2D eigenvalue weighted by Crippen LogP contribution is -2.29. The van der Waals surface area contributed by atoms with Crippen molar-refractivity contribution in [1.82, 2.24) is 24.8 Å². The van der Waals surface area contributed by atoms with Gasteiger partial charge in [0.15, 0.2) is 22.9 Å². The molecule has 0 radical (unpaired) electrons. The highest BCUT2D eigenvalue weighted by Crippen LogP contribution is 2.35. The molecule has 230 valence electrons. The van der Waals surface area contributed by atoms with Crippen LogP contribution in [0.1, 0.15) is 66.1 Å². The fraction of sp³-hybridized carbons (Fsp3) is 0.207. The van der Waals surface area contributed by atoms with E-state index in [-0.39, 0.29) is 39.8 Å². The first kappa shape index (κ1) is 32.7. The Bertz CT molecular complexity index is 1760. The molecule has 4 N–H and O–H groups in total. The predicted molar refractivity (Wildman–Crippen MR) is 161 cm³/mol. The molecule has 44 heavy (non-hydrogen) atoms. The maximum absolute atomic E-state index is 13.9. The highest BCUT2D eigenvalue weighted by atomic mass is 35.5. The van der Waals surface area contributed by atoms with Gasteiger partial charge in [0.2, 0.25) is 0 Å². The van der Waals surface area contributed by atoms with Crippen LogP contribution in [0.15, 0.2) is 49.2 Å². The standard InChI is InChI=1S/C22H19FN4O5.C7H6Cl3NO/c1-3-8-32-22(31)13-4-5-14-12(11(13)2)6-7-16(14)26-20(28)18-9-17(21(29)30)25-19-15(23)10-24-27(18)19;8-5-1-4(3-11-10)2-6(9)7(5)12/h3-5,9-10,16H,1,6-8H2,2H3,(H,26,28)(H,29,30);1-2,11-12H,3H2/t16-;/m0./s1. The molecule has 2 aromatic carbocycles. The number of halogens is 4. The highest BCUT2D eigenvalue weighted by molar-refractivity contribution is 6.37. The van der Waals surface area contributed by atoms with E-state index >= 15 is 0 Å². The topological polar surface area (TPSA) is 155 Å². The van der Waals surface area contributed by atoms with Crippen LogP contribution in [0.25, 0.3) is 5.65 Å². The zero-order valence-corrected chi connectivity index (χ0v) is 25.3. The van der Waals surface area contributed by atoms with Gasteiger partial charge in [0.25, 0.3) is 5.91 Å². The van der Waals surface area contributed by atoms with E-state index in [0.29, 0.717) is 24.9 Å². The molecule has 1 aliphatic rings. The van der Waals surface area contributed by atoms with E-state index in [1.807, 2.05) is 6.92 Å². The number of phenolic OH excluding ortho intramolecular Hbond substituents is 1. The molecule has 0 unspecified atom stereocenters. The molecular formula is C29H25Cl3FN5O6. The van der Waals surface area contributed by atoms with E-state index in [0.717, 1.165) is 39.0 Å². The van der Waals surface area contributed by atoms with Gasteiger partial charge in [-0.25, -0.2) is 28.3 Å². The first-order chi connectivity index (χ1) is 21.0. The normalized spacial score (nSPS) is 13.5. The summed E-state index contributed by atoms with van der Waals surface area (Å²) in [5, 5.41) is 25.5. The van der Waals surface area contributed by atoms with Crippen LogP contribution >= 0.6 is 35.0 Å². The quantitative estimate of drug-likeness (QED) is 0.107. The lowest BCUT2D eigenvalue weighted by atomic mass is 9.98. The van der Waals surface area contributed by atoms with Crippen molar-refractivity contribution in [3.8, 4) is 5.75 Å². The van der Waals surface area contributed by atoms with Gasteiger partial charge < -0.3 is 20.3 Å². The van der Waals surface area contributed by atoms with Gasteiger partial charge in [-0.05, 0) is 72.0 Å². The number of rotatable bonds is 8. The molecule has 0 spiro atoms. The molecule has 2 aromatic heterocycles. The predicted octanol–water partition coefficient (Wildman–Crippen LogP) is 5.58. The summed E-state index contributed by atoms with van der Waals surface area (Å²) in [7, 11) is 0. The lowest BCUT2D eigenvalue weighted by molar-refractivity contribution is 0.0548. The number of carbonyl (C=O) groups excluding carboxylic acids is 2. The molecule has 0 aliphatic heterocycles. The van der Waals surface area contributed by atoms with Crippen molar-refractivity contribution in [1.29, 1.82) is 0 Å². The summed E-state index contributed by atoms with van der Waals surface area (Å²) in [6.07, 6.45) is 3.58. The maximum Gasteiger partial charge on any atom is 0.354 e. The largest absolute Gasteiger partial charge is 0.505 e. The Hall–Kier alpha value is -4.23. The van der Waals surface area contributed by atoms with Crippen molar-refractivity contribution in [2.45, 2.75) is 32.4 Å². The lowest BCUT2D eigenvalue weighted by Gasteiger charge is -2.16. The van der Waals surface area contributed by atoms with Gasteiger partial charge in [0, 0.05) is 12.6 Å². The number of carbonyl (C=O) groups is 3. The number of amides is 1. The van der Waals surface area contributed by atoms with E-state index in [1.54, 1.807) is 24.3 Å². The zero-order valence-electron chi connectivity index (χ0n) is 23.0. The Labute approximate surface area is 265 Å². The third kappa shape index (κ3) is 6.94. The van der Waals surface area contributed by atoms with E-state index in [2.05, 4.69) is 26.8 Å². The van der Waals surface area contributed by atoms with Crippen LogP contribution in [0.2, 0.25) is 10.0 Å². The van der Waals surface area contributed by atoms with Crippen LogP contribution in [0, 0.1) is 12.7 Å². The fourth-order valence-electron chi connectivity index (χ4n) is 4.70. The number of nitrogens with one attached hydrogen (secondary N) is 2. The second-order valence-electron chi connectivity index (χ2n) is 9.54. The summed E-state index contributed by atoms with van der Waals surface area (Å²) >= 11 is 16.6. The van der Waals surface area contributed by atoms with Crippen LogP contribution in [0.4, 0.5) is 4.39 Å². The molecule has 0 bridgehead atoms. The Morgan fingerprint density at radius 3 is 2.57 bits per heavy atom. The number of nitrogens with zero attached hydrogens (tertiary/aromatic N) is 3. The SMILES string of the molecule is C=CCOC(=O)c1ccc2c(c1C)CC[C@@H]2NC(=O)c1cc(C(=O)O)nc2c(F)cnn12.Oc1c(Cl)cc(CNCl)cc1Cl. The highest BCUT2D eigenvalue weighted by Gasteiger charge is 2.29. The Morgan fingerprint density at radius 1 is 1.23 bits per heavy atom. The van der Waals surface area contributed by atoms with Crippen LogP contribution in [0.5, 0.6) is 5.75 Å². The zero-order chi connectivity index (χ0) is 32.1. The summed E-state index contributed by atoms with van der Waals surface area (Å²) < 4.78 is 20.0. The van der Waals surface area contributed by atoms with Crippen LogP contribution in [-0.2, 0) is 17.7 Å². The smallest absolute Gasteiger partial charge is 0.354 e. The number of aromatic carboxylic acids is 1. The van der Waals surface area contributed by atoms with Crippen molar-refractivity contribution in [2.75, 3.05) is 6.61 Å². The Kier molecular flexibility index (Phi) is 10.4. The van der Waals surface area contributed by atoms with Crippen LogP contribution in [0.3, 0.4) is 0 Å². The number of aromatic hydroxyl groups is 1. The van der Waals surface area contributed by atoms with Gasteiger partial charge in [-0.1, -0.05) is 41.9 Å². The molecule has 1 atom stereocenters. The van der Waals surface area contributed by atoms with Crippen molar-refractivity contribution < 1.29 is 33.7 Å². The molecule has 1 amide bonds. The van der Waals surface area contributed by atoms with Crippen molar-refractivity contribution in [3.63, 3.8) is 0 Å². The number of carboxylic acids is 1. The first-order valence-corrected chi connectivity index (χ1v) is 14.1. The minimum absolute atomic E-state index is 0.100. The molecule has 1 aliphatic carbocycles. The third-order valence-electron chi connectivity index (χ3n) is 6.78. The van der Waals surface area contributed by atoms with Crippen molar-refractivity contribution >= 4 is 58.5 Å². The molecule has 4 aromatic rings.